The lowest BCUT2D eigenvalue weighted by Crippen LogP contribution is -2.25. The summed E-state index contributed by atoms with van der Waals surface area (Å²) >= 11 is 0. The molecule has 0 spiro atoms. The van der Waals surface area contributed by atoms with Crippen molar-refractivity contribution in [2.24, 2.45) is 11.7 Å². The fourth-order valence-electron chi connectivity index (χ4n) is 1.66. The fourth-order valence-corrected chi connectivity index (χ4v) is 1.66. The van der Waals surface area contributed by atoms with E-state index < -0.39 is 0 Å². The summed E-state index contributed by atoms with van der Waals surface area (Å²) in [6.07, 6.45) is 1.000. The van der Waals surface area contributed by atoms with Crippen LogP contribution in [0.2, 0.25) is 0 Å². The second-order valence-electron chi connectivity index (χ2n) is 4.04. The molecule has 0 saturated heterocycles. The predicted molar refractivity (Wildman–Crippen MR) is 62.5 cm³/mol. The van der Waals surface area contributed by atoms with Crippen LogP contribution >= 0.6 is 0 Å². The van der Waals surface area contributed by atoms with Gasteiger partial charge in [-0.15, -0.1) is 0 Å². The average Bonchev–Trinajstić information content (AvgIpc) is 2.18. The lowest BCUT2D eigenvalue weighted by Gasteiger charge is -2.23. The van der Waals surface area contributed by atoms with Crippen LogP contribution < -0.4 is 10.6 Å². The molecule has 1 aromatic rings. The molecule has 1 rings (SSSR count). The zero-order chi connectivity index (χ0) is 11.3. The van der Waals surface area contributed by atoms with E-state index in [9.17, 15) is 4.39 Å². The minimum Gasteiger partial charge on any atom is -0.374 e. The van der Waals surface area contributed by atoms with Gasteiger partial charge >= 0.3 is 0 Å². The molecule has 0 aliphatic heterocycles. The molecule has 0 radical (unpaired) electrons. The van der Waals surface area contributed by atoms with Crippen molar-refractivity contribution in [2.75, 3.05) is 25.0 Å². The second kappa shape index (κ2) is 5.71. The van der Waals surface area contributed by atoms with Crippen LogP contribution in [-0.4, -0.2) is 20.1 Å². The van der Waals surface area contributed by atoms with Gasteiger partial charge in [-0.25, -0.2) is 4.39 Å². The third-order valence-electron chi connectivity index (χ3n) is 2.49. The Kier molecular flexibility index (Phi) is 4.56. The van der Waals surface area contributed by atoms with E-state index in [1.54, 1.807) is 12.1 Å². The number of halogens is 1. The molecule has 0 bridgehead atoms. The molecule has 2 nitrogen and oxygen atoms in total. The van der Waals surface area contributed by atoms with Crippen LogP contribution in [0, 0.1) is 11.7 Å². The Bertz CT molecular complexity index is 301. The molecular weight excluding hydrogens is 191 g/mol. The quantitative estimate of drug-likeness (QED) is 0.807. The first-order valence-corrected chi connectivity index (χ1v) is 5.30. The fraction of sp³-hybridized carbons (Fsp3) is 0.500. The van der Waals surface area contributed by atoms with Gasteiger partial charge < -0.3 is 10.6 Å². The zero-order valence-corrected chi connectivity index (χ0v) is 9.41. The van der Waals surface area contributed by atoms with Gasteiger partial charge in [-0.1, -0.05) is 13.0 Å². The van der Waals surface area contributed by atoms with Gasteiger partial charge in [0.15, 0.2) is 0 Å². The Balaban J connectivity index is 2.56. The summed E-state index contributed by atoms with van der Waals surface area (Å²) in [6.45, 7) is 3.77. The highest BCUT2D eigenvalue weighted by Crippen LogP contribution is 2.15. The van der Waals surface area contributed by atoms with Crippen LogP contribution in [0.5, 0.6) is 0 Å². The molecular formula is C12H19FN2. The maximum absolute atomic E-state index is 13.0. The van der Waals surface area contributed by atoms with E-state index in [4.69, 9.17) is 5.73 Å². The summed E-state index contributed by atoms with van der Waals surface area (Å²) in [5, 5.41) is 0. The number of benzene rings is 1. The van der Waals surface area contributed by atoms with Gasteiger partial charge in [-0.05, 0) is 37.1 Å². The summed E-state index contributed by atoms with van der Waals surface area (Å²) in [7, 11) is 1.97. The van der Waals surface area contributed by atoms with Crippen molar-refractivity contribution in [3.63, 3.8) is 0 Å². The molecule has 1 aromatic carbocycles. The minimum absolute atomic E-state index is 0.189. The molecule has 3 heteroatoms. The van der Waals surface area contributed by atoms with E-state index in [-0.39, 0.29) is 5.82 Å². The number of anilines is 1. The molecule has 1 atom stereocenters. The summed E-state index contributed by atoms with van der Waals surface area (Å²) in [6, 6.07) is 6.66. The van der Waals surface area contributed by atoms with Crippen LogP contribution in [0.1, 0.15) is 13.3 Å². The van der Waals surface area contributed by atoms with E-state index in [0.717, 1.165) is 18.7 Å². The molecule has 2 N–H and O–H groups in total. The van der Waals surface area contributed by atoms with Crippen molar-refractivity contribution < 1.29 is 4.39 Å². The van der Waals surface area contributed by atoms with Crippen molar-refractivity contribution in [1.82, 2.24) is 0 Å². The third-order valence-corrected chi connectivity index (χ3v) is 2.49. The van der Waals surface area contributed by atoms with Crippen LogP contribution in [0.25, 0.3) is 0 Å². The molecule has 1 unspecified atom stereocenters. The van der Waals surface area contributed by atoms with Gasteiger partial charge in [0.2, 0.25) is 0 Å². The van der Waals surface area contributed by atoms with Crippen LogP contribution in [0.15, 0.2) is 24.3 Å². The summed E-state index contributed by atoms with van der Waals surface area (Å²) in [5.41, 5.74) is 6.41. The molecule has 0 fully saturated rings. The maximum atomic E-state index is 13.0. The Labute approximate surface area is 90.9 Å². The molecule has 0 aliphatic rings. The van der Waals surface area contributed by atoms with Gasteiger partial charge in [0.25, 0.3) is 0 Å². The minimum atomic E-state index is -0.189. The first-order valence-electron chi connectivity index (χ1n) is 5.30. The number of hydrogen-bond donors (Lipinski definition) is 1. The predicted octanol–water partition coefficient (Wildman–Crippen LogP) is 2.25. The molecule has 15 heavy (non-hydrogen) atoms. The van der Waals surface area contributed by atoms with Crippen molar-refractivity contribution >= 4 is 5.69 Å². The highest BCUT2D eigenvalue weighted by atomic mass is 19.1. The molecule has 0 aromatic heterocycles. The van der Waals surface area contributed by atoms with Crippen LogP contribution in [0.3, 0.4) is 0 Å². The number of nitrogens with zero attached hydrogens (tertiary/aromatic N) is 1. The third kappa shape index (κ3) is 3.88. The summed E-state index contributed by atoms with van der Waals surface area (Å²) < 4.78 is 13.0. The van der Waals surface area contributed by atoms with E-state index >= 15 is 0 Å². The highest BCUT2D eigenvalue weighted by molar-refractivity contribution is 5.45. The molecule has 0 aliphatic carbocycles. The van der Waals surface area contributed by atoms with Gasteiger partial charge in [0, 0.05) is 19.3 Å². The lowest BCUT2D eigenvalue weighted by atomic mass is 10.1. The first-order chi connectivity index (χ1) is 7.13. The van der Waals surface area contributed by atoms with E-state index in [2.05, 4.69) is 11.8 Å². The van der Waals surface area contributed by atoms with Crippen LogP contribution in [0.4, 0.5) is 10.1 Å². The largest absolute Gasteiger partial charge is 0.374 e. The standard InChI is InChI=1S/C12H19FN2/c1-10(6-7-14)9-15(2)12-5-3-4-11(13)8-12/h3-5,8,10H,6-7,9,14H2,1-2H3. The Morgan fingerprint density at radius 1 is 1.47 bits per heavy atom. The van der Waals surface area contributed by atoms with Crippen molar-refractivity contribution in [2.45, 2.75) is 13.3 Å². The average molecular weight is 210 g/mol. The Morgan fingerprint density at radius 2 is 2.20 bits per heavy atom. The Morgan fingerprint density at radius 3 is 2.80 bits per heavy atom. The van der Waals surface area contributed by atoms with E-state index in [1.807, 2.05) is 13.1 Å². The van der Waals surface area contributed by atoms with Gasteiger partial charge in [-0.3, -0.25) is 0 Å². The zero-order valence-electron chi connectivity index (χ0n) is 9.41. The number of hydrogen-bond acceptors (Lipinski definition) is 2. The number of rotatable bonds is 5. The first kappa shape index (κ1) is 12.0. The second-order valence-corrected chi connectivity index (χ2v) is 4.04. The van der Waals surface area contributed by atoms with Gasteiger partial charge in [0.1, 0.15) is 5.82 Å². The molecule has 0 saturated carbocycles. The maximum Gasteiger partial charge on any atom is 0.125 e. The molecule has 84 valence electrons. The van der Waals surface area contributed by atoms with E-state index in [0.29, 0.717) is 12.5 Å². The number of nitrogens with two attached hydrogens (primary N) is 1. The monoisotopic (exact) mass is 210 g/mol. The van der Waals surface area contributed by atoms with Gasteiger partial charge in [-0.2, -0.15) is 0 Å². The van der Waals surface area contributed by atoms with Crippen LogP contribution in [-0.2, 0) is 0 Å². The molecule has 0 heterocycles. The summed E-state index contributed by atoms with van der Waals surface area (Å²) in [4.78, 5) is 2.06. The van der Waals surface area contributed by atoms with Crippen molar-refractivity contribution in [3.8, 4) is 0 Å². The smallest absolute Gasteiger partial charge is 0.125 e. The Hall–Kier alpha value is -1.09. The van der Waals surface area contributed by atoms with Gasteiger partial charge in [0.05, 0.1) is 0 Å². The normalized spacial score (nSPS) is 12.5. The SMILES string of the molecule is CC(CCN)CN(C)c1cccc(F)c1. The van der Waals surface area contributed by atoms with E-state index in [1.165, 1.54) is 6.07 Å². The molecule has 0 amide bonds. The van der Waals surface area contributed by atoms with Crippen molar-refractivity contribution in [3.05, 3.63) is 30.1 Å². The summed E-state index contributed by atoms with van der Waals surface area (Å²) in [5.74, 6) is 0.342. The topological polar surface area (TPSA) is 29.3 Å². The van der Waals surface area contributed by atoms with Crippen molar-refractivity contribution in [1.29, 1.82) is 0 Å². The lowest BCUT2D eigenvalue weighted by molar-refractivity contribution is 0.538. The highest BCUT2D eigenvalue weighted by Gasteiger charge is 2.06.